The highest BCUT2D eigenvalue weighted by molar-refractivity contribution is 6.35. The number of carbonyl (C=O) groups is 2. The summed E-state index contributed by atoms with van der Waals surface area (Å²) < 4.78 is 10.3. The molecule has 0 aromatic heterocycles. The van der Waals surface area contributed by atoms with Crippen LogP contribution >= 0.6 is 23.2 Å². The Kier molecular flexibility index (Phi) is 7.79. The number of methoxy groups -OCH3 is 1. The van der Waals surface area contributed by atoms with Crippen LogP contribution in [0.5, 0.6) is 0 Å². The molecule has 0 unspecified atom stereocenters. The topological polar surface area (TPSA) is 67.9 Å². The number of ether oxygens (including phenoxy) is 2. The summed E-state index contributed by atoms with van der Waals surface area (Å²) in [5.41, 5.74) is -0.201. The number of amides is 2. The molecule has 0 saturated heterocycles. The molecule has 1 aromatic carbocycles. The van der Waals surface area contributed by atoms with Crippen molar-refractivity contribution in [2.45, 2.75) is 26.4 Å². The molecule has 8 heteroatoms. The average molecular weight is 377 g/mol. The van der Waals surface area contributed by atoms with Crippen LogP contribution in [0.1, 0.15) is 20.8 Å². The Balaban J connectivity index is 2.74. The number of hydrogen-bond donors (Lipinski definition) is 1. The number of nitrogens with one attached hydrogen (secondary N) is 1. The van der Waals surface area contributed by atoms with Crippen LogP contribution in [0, 0.1) is 0 Å². The first-order chi connectivity index (χ1) is 11.1. The Morgan fingerprint density at radius 1 is 1.17 bits per heavy atom. The van der Waals surface area contributed by atoms with Crippen LogP contribution in [0.25, 0.3) is 0 Å². The second kappa shape index (κ2) is 9.11. The smallest absolute Gasteiger partial charge is 0.410 e. The van der Waals surface area contributed by atoms with E-state index >= 15 is 0 Å². The van der Waals surface area contributed by atoms with Crippen LogP contribution in [-0.2, 0) is 14.3 Å². The van der Waals surface area contributed by atoms with E-state index in [1.165, 1.54) is 12.0 Å². The van der Waals surface area contributed by atoms with Gasteiger partial charge in [-0.05, 0) is 39.0 Å². The first kappa shape index (κ1) is 20.5. The predicted octanol–water partition coefficient (Wildman–Crippen LogP) is 3.82. The summed E-state index contributed by atoms with van der Waals surface area (Å²) in [5.74, 6) is -0.393. The Labute approximate surface area is 152 Å². The lowest BCUT2D eigenvalue weighted by Crippen LogP contribution is -2.42. The molecule has 0 spiro atoms. The van der Waals surface area contributed by atoms with Crippen LogP contribution < -0.4 is 5.32 Å². The summed E-state index contributed by atoms with van der Waals surface area (Å²) in [4.78, 5) is 25.7. The molecule has 0 heterocycles. The van der Waals surface area contributed by atoms with Gasteiger partial charge in [-0.1, -0.05) is 23.2 Å². The van der Waals surface area contributed by atoms with Crippen molar-refractivity contribution >= 4 is 40.9 Å². The molecule has 1 rings (SSSR count). The minimum absolute atomic E-state index is 0.178. The molecular weight excluding hydrogens is 355 g/mol. The first-order valence-electron chi connectivity index (χ1n) is 7.33. The normalized spacial score (nSPS) is 11.1. The molecule has 0 bridgehead atoms. The summed E-state index contributed by atoms with van der Waals surface area (Å²) in [6.45, 7) is 5.61. The zero-order valence-electron chi connectivity index (χ0n) is 14.2. The van der Waals surface area contributed by atoms with E-state index in [1.807, 2.05) is 0 Å². The zero-order chi connectivity index (χ0) is 18.3. The fourth-order valence-electron chi connectivity index (χ4n) is 1.76. The molecule has 0 atom stereocenters. The van der Waals surface area contributed by atoms with Crippen molar-refractivity contribution in [1.29, 1.82) is 0 Å². The van der Waals surface area contributed by atoms with Crippen molar-refractivity contribution < 1.29 is 19.1 Å². The Morgan fingerprint density at radius 2 is 1.75 bits per heavy atom. The quantitative estimate of drug-likeness (QED) is 0.819. The Hall–Kier alpha value is -1.50. The molecule has 1 N–H and O–H groups in total. The largest absolute Gasteiger partial charge is 0.444 e. The molecule has 0 fully saturated rings. The van der Waals surface area contributed by atoms with Crippen molar-refractivity contribution in [3.63, 3.8) is 0 Å². The number of benzene rings is 1. The molecule has 6 nitrogen and oxygen atoms in total. The molecule has 0 aliphatic carbocycles. The Bertz CT molecular complexity index is 568. The maximum Gasteiger partial charge on any atom is 0.410 e. The van der Waals surface area contributed by atoms with Crippen molar-refractivity contribution in [3.8, 4) is 0 Å². The maximum atomic E-state index is 12.2. The van der Waals surface area contributed by atoms with E-state index in [2.05, 4.69) is 5.32 Å². The highest BCUT2D eigenvalue weighted by Crippen LogP contribution is 2.22. The SMILES string of the molecule is COCCN(CC(=O)Nc1cc(Cl)cc(Cl)c1)C(=O)OC(C)(C)C. The van der Waals surface area contributed by atoms with Gasteiger partial charge in [0.25, 0.3) is 0 Å². The van der Waals surface area contributed by atoms with Gasteiger partial charge in [0.15, 0.2) is 0 Å². The third-order valence-corrected chi connectivity index (χ3v) is 3.13. The number of halogens is 2. The van der Waals surface area contributed by atoms with Gasteiger partial charge in [-0.2, -0.15) is 0 Å². The number of rotatable bonds is 6. The lowest BCUT2D eigenvalue weighted by molar-refractivity contribution is -0.117. The van der Waals surface area contributed by atoms with Gasteiger partial charge in [-0.3, -0.25) is 9.69 Å². The van der Waals surface area contributed by atoms with E-state index in [9.17, 15) is 9.59 Å². The van der Waals surface area contributed by atoms with Crippen molar-refractivity contribution in [1.82, 2.24) is 4.90 Å². The molecule has 0 aliphatic rings. The molecule has 0 saturated carbocycles. The van der Waals surface area contributed by atoms with Crippen molar-refractivity contribution in [3.05, 3.63) is 28.2 Å². The van der Waals surface area contributed by atoms with Crippen LogP contribution in [0.2, 0.25) is 10.0 Å². The molecule has 2 amide bonds. The van der Waals surface area contributed by atoms with E-state index in [1.54, 1.807) is 39.0 Å². The standard InChI is InChI=1S/C16H22Cl2N2O4/c1-16(2,3)24-15(22)20(5-6-23-4)10-14(21)19-13-8-11(17)7-12(18)9-13/h7-9H,5-6,10H2,1-4H3,(H,19,21). The number of carbonyl (C=O) groups excluding carboxylic acids is 2. The van der Waals surface area contributed by atoms with Gasteiger partial charge in [-0.25, -0.2) is 4.79 Å². The molecule has 24 heavy (non-hydrogen) atoms. The van der Waals surface area contributed by atoms with Gasteiger partial charge in [-0.15, -0.1) is 0 Å². The maximum absolute atomic E-state index is 12.2. The van der Waals surface area contributed by atoms with E-state index in [4.69, 9.17) is 32.7 Å². The van der Waals surface area contributed by atoms with Gasteiger partial charge in [0, 0.05) is 29.4 Å². The molecule has 134 valence electrons. The highest BCUT2D eigenvalue weighted by Gasteiger charge is 2.23. The summed E-state index contributed by atoms with van der Waals surface area (Å²) >= 11 is 11.8. The summed E-state index contributed by atoms with van der Waals surface area (Å²) in [5, 5.41) is 3.46. The second-order valence-electron chi connectivity index (χ2n) is 6.10. The minimum atomic E-state index is -0.653. The number of hydrogen-bond acceptors (Lipinski definition) is 4. The number of nitrogens with zero attached hydrogens (tertiary/aromatic N) is 1. The lowest BCUT2D eigenvalue weighted by atomic mass is 10.2. The van der Waals surface area contributed by atoms with Gasteiger partial charge in [0.05, 0.1) is 6.61 Å². The van der Waals surface area contributed by atoms with Crippen molar-refractivity contribution in [2.24, 2.45) is 0 Å². The van der Waals surface area contributed by atoms with Gasteiger partial charge < -0.3 is 14.8 Å². The fraction of sp³-hybridized carbons (Fsp3) is 0.500. The van der Waals surface area contributed by atoms with E-state index in [0.717, 1.165) is 0 Å². The second-order valence-corrected chi connectivity index (χ2v) is 6.97. The molecule has 0 radical (unpaired) electrons. The van der Waals surface area contributed by atoms with Gasteiger partial charge >= 0.3 is 6.09 Å². The van der Waals surface area contributed by atoms with Gasteiger partial charge in [0.2, 0.25) is 5.91 Å². The van der Waals surface area contributed by atoms with Crippen molar-refractivity contribution in [2.75, 3.05) is 32.1 Å². The third kappa shape index (κ3) is 7.86. The van der Waals surface area contributed by atoms with Crippen LogP contribution in [0.4, 0.5) is 10.5 Å². The Morgan fingerprint density at radius 3 is 2.25 bits per heavy atom. The molecular formula is C16H22Cl2N2O4. The van der Waals surface area contributed by atoms with Gasteiger partial charge in [0.1, 0.15) is 12.1 Å². The zero-order valence-corrected chi connectivity index (χ0v) is 15.7. The lowest BCUT2D eigenvalue weighted by Gasteiger charge is -2.26. The third-order valence-electron chi connectivity index (χ3n) is 2.70. The monoisotopic (exact) mass is 376 g/mol. The summed E-state index contributed by atoms with van der Waals surface area (Å²) in [6.07, 6.45) is -0.584. The number of anilines is 1. The van der Waals surface area contributed by atoms with E-state index < -0.39 is 17.6 Å². The van der Waals surface area contributed by atoms with Crippen LogP contribution in [-0.4, -0.2) is 49.3 Å². The first-order valence-corrected chi connectivity index (χ1v) is 8.09. The summed E-state index contributed by atoms with van der Waals surface area (Å²) in [7, 11) is 1.52. The summed E-state index contributed by atoms with van der Waals surface area (Å²) in [6, 6.07) is 4.70. The highest BCUT2D eigenvalue weighted by atomic mass is 35.5. The fourth-order valence-corrected chi connectivity index (χ4v) is 2.29. The van der Waals surface area contributed by atoms with Crippen LogP contribution in [0.15, 0.2) is 18.2 Å². The minimum Gasteiger partial charge on any atom is -0.444 e. The van der Waals surface area contributed by atoms with E-state index in [0.29, 0.717) is 15.7 Å². The molecule has 0 aliphatic heterocycles. The van der Waals surface area contributed by atoms with E-state index in [-0.39, 0.29) is 19.7 Å². The molecule has 1 aromatic rings. The predicted molar refractivity (Wildman–Crippen MR) is 94.8 cm³/mol. The average Bonchev–Trinajstić information content (AvgIpc) is 2.40. The van der Waals surface area contributed by atoms with Crippen LogP contribution in [0.3, 0.4) is 0 Å².